The second-order valence-corrected chi connectivity index (χ2v) is 4.24. The zero-order valence-electron chi connectivity index (χ0n) is 10.4. The molecule has 18 heavy (non-hydrogen) atoms. The Morgan fingerprint density at radius 1 is 1.28 bits per heavy atom. The SMILES string of the molecule is Cc1ccc(CC(=O)N[C@H](CO)C(=O)O)cc1C. The Labute approximate surface area is 105 Å². The Morgan fingerprint density at radius 2 is 1.94 bits per heavy atom. The third kappa shape index (κ3) is 3.85. The smallest absolute Gasteiger partial charge is 0.328 e. The highest BCUT2D eigenvalue weighted by Crippen LogP contribution is 2.10. The van der Waals surface area contributed by atoms with E-state index >= 15 is 0 Å². The quantitative estimate of drug-likeness (QED) is 0.707. The van der Waals surface area contributed by atoms with Gasteiger partial charge in [-0.25, -0.2) is 4.79 Å². The first kappa shape index (κ1) is 14.2. The Hall–Kier alpha value is -1.88. The van der Waals surface area contributed by atoms with Crippen LogP contribution in [0.5, 0.6) is 0 Å². The van der Waals surface area contributed by atoms with Gasteiger partial charge in [0.25, 0.3) is 0 Å². The second-order valence-electron chi connectivity index (χ2n) is 4.24. The summed E-state index contributed by atoms with van der Waals surface area (Å²) in [6.07, 6.45) is 0.102. The zero-order chi connectivity index (χ0) is 13.7. The van der Waals surface area contributed by atoms with E-state index in [2.05, 4.69) is 5.32 Å². The molecule has 1 atom stereocenters. The van der Waals surface area contributed by atoms with Crippen molar-refractivity contribution in [2.24, 2.45) is 0 Å². The van der Waals surface area contributed by atoms with Crippen LogP contribution in [-0.4, -0.2) is 34.7 Å². The molecule has 1 aromatic carbocycles. The number of rotatable bonds is 5. The van der Waals surface area contributed by atoms with Crippen LogP contribution in [0.3, 0.4) is 0 Å². The maximum Gasteiger partial charge on any atom is 0.328 e. The van der Waals surface area contributed by atoms with Crippen molar-refractivity contribution in [1.82, 2.24) is 5.32 Å². The number of benzene rings is 1. The lowest BCUT2D eigenvalue weighted by molar-refractivity contribution is -0.142. The number of carboxylic acid groups (broad SMARTS) is 1. The topological polar surface area (TPSA) is 86.6 Å². The van der Waals surface area contributed by atoms with Crippen molar-refractivity contribution in [3.05, 3.63) is 34.9 Å². The molecule has 5 heteroatoms. The fraction of sp³-hybridized carbons (Fsp3) is 0.385. The highest BCUT2D eigenvalue weighted by atomic mass is 16.4. The highest BCUT2D eigenvalue weighted by molar-refractivity contribution is 5.84. The molecular weight excluding hydrogens is 234 g/mol. The van der Waals surface area contributed by atoms with E-state index in [1.165, 1.54) is 0 Å². The summed E-state index contributed by atoms with van der Waals surface area (Å²) in [4.78, 5) is 22.2. The number of nitrogens with one attached hydrogen (secondary N) is 1. The molecule has 5 nitrogen and oxygen atoms in total. The van der Waals surface area contributed by atoms with Crippen LogP contribution in [0.15, 0.2) is 18.2 Å². The average molecular weight is 251 g/mol. The minimum atomic E-state index is -1.25. The van der Waals surface area contributed by atoms with Crippen LogP contribution < -0.4 is 5.32 Å². The molecule has 0 unspecified atom stereocenters. The van der Waals surface area contributed by atoms with E-state index in [-0.39, 0.29) is 6.42 Å². The fourth-order valence-electron chi connectivity index (χ4n) is 1.53. The number of amides is 1. The number of carboxylic acids is 1. The molecule has 1 amide bonds. The molecular formula is C13H17NO4. The van der Waals surface area contributed by atoms with Gasteiger partial charge < -0.3 is 15.5 Å². The van der Waals surface area contributed by atoms with Crippen molar-refractivity contribution in [1.29, 1.82) is 0 Å². The van der Waals surface area contributed by atoms with E-state index in [1.54, 1.807) is 0 Å². The minimum Gasteiger partial charge on any atom is -0.480 e. The number of aliphatic carboxylic acids is 1. The maximum absolute atomic E-state index is 11.6. The lowest BCUT2D eigenvalue weighted by Gasteiger charge is -2.12. The Bertz CT molecular complexity index is 456. The van der Waals surface area contributed by atoms with Crippen LogP contribution in [0.2, 0.25) is 0 Å². The van der Waals surface area contributed by atoms with Crippen LogP contribution in [0, 0.1) is 13.8 Å². The third-order valence-corrected chi connectivity index (χ3v) is 2.75. The molecule has 3 N–H and O–H groups in total. The highest BCUT2D eigenvalue weighted by Gasteiger charge is 2.18. The summed E-state index contributed by atoms with van der Waals surface area (Å²) in [5.74, 6) is -1.66. The standard InChI is InChI=1S/C13H17NO4/c1-8-3-4-10(5-9(8)2)6-12(16)14-11(7-15)13(17)18/h3-5,11,15H,6-7H2,1-2H3,(H,14,16)(H,17,18)/t11-/m1/s1. The van der Waals surface area contributed by atoms with E-state index in [4.69, 9.17) is 10.2 Å². The summed E-state index contributed by atoms with van der Waals surface area (Å²) in [7, 11) is 0. The van der Waals surface area contributed by atoms with Gasteiger partial charge in [0.15, 0.2) is 0 Å². The first-order valence-corrected chi connectivity index (χ1v) is 5.63. The third-order valence-electron chi connectivity index (χ3n) is 2.75. The van der Waals surface area contributed by atoms with E-state index in [0.717, 1.165) is 16.7 Å². The van der Waals surface area contributed by atoms with Crippen molar-refractivity contribution < 1.29 is 19.8 Å². The molecule has 0 aliphatic rings. The summed E-state index contributed by atoms with van der Waals surface area (Å²) in [6, 6.07) is 4.39. The van der Waals surface area contributed by atoms with Gasteiger partial charge in [-0.05, 0) is 30.5 Å². The maximum atomic E-state index is 11.6. The zero-order valence-corrected chi connectivity index (χ0v) is 10.4. The van der Waals surface area contributed by atoms with Gasteiger partial charge in [0, 0.05) is 0 Å². The van der Waals surface area contributed by atoms with Crippen molar-refractivity contribution >= 4 is 11.9 Å². The van der Waals surface area contributed by atoms with Gasteiger partial charge in [0.1, 0.15) is 6.04 Å². The van der Waals surface area contributed by atoms with Crippen LogP contribution >= 0.6 is 0 Å². The summed E-state index contributed by atoms with van der Waals surface area (Å²) in [5, 5.41) is 19.8. The summed E-state index contributed by atoms with van der Waals surface area (Å²) >= 11 is 0. The first-order valence-electron chi connectivity index (χ1n) is 5.63. The minimum absolute atomic E-state index is 0.102. The number of carbonyl (C=O) groups is 2. The van der Waals surface area contributed by atoms with E-state index < -0.39 is 24.5 Å². The molecule has 0 saturated carbocycles. The normalized spacial score (nSPS) is 11.9. The molecule has 0 spiro atoms. The molecule has 0 heterocycles. The van der Waals surface area contributed by atoms with Gasteiger partial charge in [-0.1, -0.05) is 18.2 Å². The lowest BCUT2D eigenvalue weighted by Crippen LogP contribution is -2.43. The number of aryl methyl sites for hydroxylation is 2. The summed E-state index contributed by atoms with van der Waals surface area (Å²) in [6.45, 7) is 3.31. The molecule has 0 radical (unpaired) electrons. The number of aliphatic hydroxyl groups is 1. The van der Waals surface area contributed by atoms with Gasteiger partial charge in [-0.3, -0.25) is 4.79 Å². The number of hydrogen-bond donors (Lipinski definition) is 3. The fourth-order valence-corrected chi connectivity index (χ4v) is 1.53. The van der Waals surface area contributed by atoms with E-state index in [9.17, 15) is 9.59 Å². The monoisotopic (exact) mass is 251 g/mol. The molecule has 0 aliphatic carbocycles. The largest absolute Gasteiger partial charge is 0.480 e. The van der Waals surface area contributed by atoms with Crippen LogP contribution in [0.1, 0.15) is 16.7 Å². The molecule has 0 aromatic heterocycles. The van der Waals surface area contributed by atoms with E-state index in [0.29, 0.717) is 0 Å². The number of aliphatic hydroxyl groups excluding tert-OH is 1. The predicted octanol–water partition coefficient (Wildman–Crippen LogP) is 0.408. The van der Waals surface area contributed by atoms with E-state index in [1.807, 2.05) is 32.0 Å². The first-order chi connectivity index (χ1) is 8.43. The lowest BCUT2D eigenvalue weighted by atomic mass is 10.0. The predicted molar refractivity (Wildman–Crippen MR) is 66.3 cm³/mol. The Balaban J connectivity index is 2.64. The molecule has 0 fully saturated rings. The van der Waals surface area contributed by atoms with Gasteiger partial charge in [0.05, 0.1) is 13.0 Å². The number of carbonyl (C=O) groups excluding carboxylic acids is 1. The van der Waals surface area contributed by atoms with Gasteiger partial charge in [-0.15, -0.1) is 0 Å². The second kappa shape index (κ2) is 6.16. The van der Waals surface area contributed by atoms with Crippen molar-refractivity contribution in [2.75, 3.05) is 6.61 Å². The van der Waals surface area contributed by atoms with Crippen LogP contribution in [0.4, 0.5) is 0 Å². The van der Waals surface area contributed by atoms with Crippen molar-refractivity contribution in [3.8, 4) is 0 Å². The molecule has 0 saturated heterocycles. The molecule has 1 aromatic rings. The summed E-state index contributed by atoms with van der Waals surface area (Å²) < 4.78 is 0. The number of hydrogen-bond acceptors (Lipinski definition) is 3. The Kier molecular flexibility index (Phi) is 4.85. The molecule has 98 valence electrons. The Morgan fingerprint density at radius 3 is 2.44 bits per heavy atom. The van der Waals surface area contributed by atoms with Crippen molar-refractivity contribution in [2.45, 2.75) is 26.3 Å². The van der Waals surface area contributed by atoms with Gasteiger partial charge in [-0.2, -0.15) is 0 Å². The van der Waals surface area contributed by atoms with Gasteiger partial charge >= 0.3 is 5.97 Å². The molecule has 0 bridgehead atoms. The molecule has 1 rings (SSSR count). The average Bonchev–Trinajstić information content (AvgIpc) is 2.30. The van der Waals surface area contributed by atoms with Crippen LogP contribution in [0.25, 0.3) is 0 Å². The van der Waals surface area contributed by atoms with Crippen LogP contribution in [-0.2, 0) is 16.0 Å². The van der Waals surface area contributed by atoms with Gasteiger partial charge in [0.2, 0.25) is 5.91 Å². The van der Waals surface area contributed by atoms with Crippen molar-refractivity contribution in [3.63, 3.8) is 0 Å². The molecule has 0 aliphatic heterocycles. The summed E-state index contributed by atoms with van der Waals surface area (Å²) in [5.41, 5.74) is 3.04.